The first kappa shape index (κ1) is 22.2. The number of nitrogens with one attached hydrogen (secondary N) is 2. The fourth-order valence-electron chi connectivity index (χ4n) is 4.51. The Morgan fingerprint density at radius 3 is 2.56 bits per heavy atom. The van der Waals surface area contributed by atoms with E-state index in [1.807, 2.05) is 37.8 Å². The van der Waals surface area contributed by atoms with Gasteiger partial charge in [-0.25, -0.2) is 4.79 Å². The molecular formula is C24H32N4O4. The Kier molecular flexibility index (Phi) is 6.13. The highest BCUT2D eigenvalue weighted by atomic mass is 16.6. The molecule has 0 radical (unpaired) electrons. The van der Waals surface area contributed by atoms with Crippen LogP contribution in [0.2, 0.25) is 0 Å². The molecule has 3 heterocycles. The lowest BCUT2D eigenvalue weighted by atomic mass is 10.0. The third kappa shape index (κ3) is 5.06. The molecule has 0 spiro atoms. The van der Waals surface area contributed by atoms with E-state index in [9.17, 15) is 14.4 Å². The van der Waals surface area contributed by atoms with Crippen LogP contribution < -0.4 is 5.32 Å². The molecule has 8 nitrogen and oxygen atoms in total. The van der Waals surface area contributed by atoms with Gasteiger partial charge in [-0.3, -0.25) is 9.59 Å². The highest BCUT2D eigenvalue weighted by Crippen LogP contribution is 2.27. The Hall–Kier alpha value is -3.03. The van der Waals surface area contributed by atoms with Crippen molar-refractivity contribution in [2.45, 2.75) is 64.6 Å². The lowest BCUT2D eigenvalue weighted by Crippen LogP contribution is -2.41. The number of carbonyl (C=O) groups is 3. The summed E-state index contributed by atoms with van der Waals surface area (Å²) in [5, 5.41) is 4.05. The number of hydrogen-bond donors (Lipinski definition) is 2. The molecule has 2 aromatic rings. The molecule has 8 heteroatoms. The molecular weight excluding hydrogens is 408 g/mol. The van der Waals surface area contributed by atoms with Crippen molar-refractivity contribution in [2.75, 3.05) is 19.6 Å². The maximum absolute atomic E-state index is 12.8. The Balaban J connectivity index is 1.24. The number of aromatic amines is 1. The van der Waals surface area contributed by atoms with E-state index in [2.05, 4.69) is 22.4 Å². The van der Waals surface area contributed by atoms with E-state index in [4.69, 9.17) is 4.74 Å². The number of alkyl carbamates (subject to hydrolysis) is 1. The predicted molar refractivity (Wildman–Crippen MR) is 121 cm³/mol. The lowest BCUT2D eigenvalue weighted by molar-refractivity contribution is -0.137. The maximum Gasteiger partial charge on any atom is 0.407 e. The number of para-hydroxylation sites is 1. The van der Waals surface area contributed by atoms with Crippen molar-refractivity contribution in [3.8, 4) is 0 Å². The normalized spacial score (nSPS) is 18.5. The van der Waals surface area contributed by atoms with Crippen molar-refractivity contribution in [2.24, 2.45) is 0 Å². The molecule has 1 fully saturated rings. The minimum Gasteiger partial charge on any atom is -0.444 e. The summed E-state index contributed by atoms with van der Waals surface area (Å²) in [6.45, 7) is 7.71. The Bertz CT molecular complexity index is 1020. The van der Waals surface area contributed by atoms with Crippen LogP contribution >= 0.6 is 0 Å². The van der Waals surface area contributed by atoms with Gasteiger partial charge >= 0.3 is 6.09 Å². The minimum atomic E-state index is -0.555. The van der Waals surface area contributed by atoms with Crippen LogP contribution in [-0.2, 0) is 27.3 Å². The van der Waals surface area contributed by atoms with E-state index in [0.717, 1.165) is 17.6 Å². The lowest BCUT2D eigenvalue weighted by Gasteiger charge is -2.27. The number of hydrogen-bond acceptors (Lipinski definition) is 4. The van der Waals surface area contributed by atoms with Gasteiger partial charge in [-0.15, -0.1) is 0 Å². The molecule has 1 saturated heterocycles. The molecule has 4 rings (SSSR count). The van der Waals surface area contributed by atoms with Crippen LogP contribution in [0.25, 0.3) is 10.9 Å². The summed E-state index contributed by atoms with van der Waals surface area (Å²) in [5.74, 6) is -0.0413. The number of H-pyrrole nitrogens is 1. The molecule has 32 heavy (non-hydrogen) atoms. The van der Waals surface area contributed by atoms with Crippen LogP contribution in [0.5, 0.6) is 0 Å². The molecule has 0 bridgehead atoms. The first-order chi connectivity index (χ1) is 15.2. The highest BCUT2D eigenvalue weighted by molar-refractivity contribution is 5.87. The van der Waals surface area contributed by atoms with E-state index in [1.54, 1.807) is 4.90 Å². The third-order valence-electron chi connectivity index (χ3n) is 6.05. The number of aromatic nitrogens is 1. The first-order valence-electron chi connectivity index (χ1n) is 11.3. The maximum atomic E-state index is 12.8. The molecule has 1 aromatic heterocycles. The molecule has 3 amide bonds. The first-order valence-corrected chi connectivity index (χ1v) is 11.3. The van der Waals surface area contributed by atoms with Crippen LogP contribution in [0, 0.1) is 0 Å². The number of amides is 3. The van der Waals surface area contributed by atoms with Crippen LogP contribution in [0.15, 0.2) is 24.3 Å². The van der Waals surface area contributed by atoms with E-state index in [1.165, 1.54) is 10.9 Å². The average molecular weight is 441 g/mol. The topological polar surface area (TPSA) is 94.7 Å². The molecule has 2 aliphatic rings. The SMILES string of the molecule is CC(C)(C)OC(=O)NC1CCN(C(=O)CCC(=O)N2CCc3c([nH]c4ccccc34)C2)C1. The number of carbonyl (C=O) groups excluding carboxylic acids is 3. The molecule has 1 atom stereocenters. The van der Waals surface area contributed by atoms with Gasteiger partial charge in [0.2, 0.25) is 11.8 Å². The van der Waals surface area contributed by atoms with Crippen molar-refractivity contribution in [1.29, 1.82) is 0 Å². The summed E-state index contributed by atoms with van der Waals surface area (Å²) in [6.07, 6.45) is 1.44. The van der Waals surface area contributed by atoms with Gasteiger partial charge in [0.05, 0.1) is 12.6 Å². The Morgan fingerprint density at radius 1 is 1.09 bits per heavy atom. The summed E-state index contributed by atoms with van der Waals surface area (Å²) in [7, 11) is 0. The Morgan fingerprint density at radius 2 is 1.81 bits per heavy atom. The van der Waals surface area contributed by atoms with Crippen LogP contribution in [-0.4, -0.2) is 64.0 Å². The van der Waals surface area contributed by atoms with Gasteiger partial charge in [-0.05, 0) is 45.2 Å². The van der Waals surface area contributed by atoms with E-state index in [-0.39, 0.29) is 30.7 Å². The minimum absolute atomic E-state index is 0.00489. The number of likely N-dealkylation sites (tertiary alicyclic amines) is 1. The number of benzene rings is 1. The van der Waals surface area contributed by atoms with Gasteiger partial charge < -0.3 is 24.8 Å². The van der Waals surface area contributed by atoms with Crippen molar-refractivity contribution < 1.29 is 19.1 Å². The van der Waals surface area contributed by atoms with Gasteiger partial charge in [-0.1, -0.05) is 18.2 Å². The van der Waals surface area contributed by atoms with Gasteiger partial charge in [0, 0.05) is 49.1 Å². The average Bonchev–Trinajstić information content (AvgIpc) is 3.34. The second-order valence-corrected chi connectivity index (χ2v) is 9.66. The fraction of sp³-hybridized carbons (Fsp3) is 0.542. The van der Waals surface area contributed by atoms with Crippen molar-refractivity contribution in [1.82, 2.24) is 20.1 Å². The number of nitrogens with zero attached hydrogens (tertiary/aromatic N) is 2. The van der Waals surface area contributed by atoms with Gasteiger partial charge in [0.25, 0.3) is 0 Å². The van der Waals surface area contributed by atoms with Crippen LogP contribution in [0.1, 0.15) is 51.3 Å². The summed E-state index contributed by atoms with van der Waals surface area (Å²) in [4.78, 5) is 44.3. The smallest absolute Gasteiger partial charge is 0.407 e. The van der Waals surface area contributed by atoms with E-state index >= 15 is 0 Å². The zero-order valence-electron chi connectivity index (χ0n) is 19.1. The summed E-state index contributed by atoms with van der Waals surface area (Å²) >= 11 is 0. The summed E-state index contributed by atoms with van der Waals surface area (Å²) in [5.41, 5.74) is 2.93. The zero-order valence-corrected chi connectivity index (χ0v) is 19.1. The van der Waals surface area contributed by atoms with Gasteiger partial charge in [-0.2, -0.15) is 0 Å². The second-order valence-electron chi connectivity index (χ2n) is 9.66. The Labute approximate surface area is 188 Å². The van der Waals surface area contributed by atoms with Gasteiger partial charge in [0.15, 0.2) is 0 Å². The fourth-order valence-corrected chi connectivity index (χ4v) is 4.51. The zero-order chi connectivity index (χ0) is 22.9. The van der Waals surface area contributed by atoms with Crippen molar-refractivity contribution in [3.05, 3.63) is 35.5 Å². The summed E-state index contributed by atoms with van der Waals surface area (Å²) < 4.78 is 5.28. The molecule has 0 saturated carbocycles. The third-order valence-corrected chi connectivity index (χ3v) is 6.05. The predicted octanol–water partition coefficient (Wildman–Crippen LogP) is 2.96. The van der Waals surface area contributed by atoms with Crippen LogP contribution in [0.4, 0.5) is 4.79 Å². The molecule has 172 valence electrons. The largest absolute Gasteiger partial charge is 0.444 e. The number of ether oxygens (including phenoxy) is 1. The van der Waals surface area contributed by atoms with E-state index in [0.29, 0.717) is 32.6 Å². The molecule has 1 aromatic carbocycles. The monoisotopic (exact) mass is 440 g/mol. The number of rotatable bonds is 4. The molecule has 1 unspecified atom stereocenters. The van der Waals surface area contributed by atoms with Crippen LogP contribution in [0.3, 0.4) is 0 Å². The number of fused-ring (bicyclic) bond motifs is 3. The molecule has 2 aliphatic heterocycles. The molecule has 0 aliphatic carbocycles. The highest BCUT2D eigenvalue weighted by Gasteiger charge is 2.30. The molecule has 2 N–H and O–H groups in total. The summed E-state index contributed by atoms with van der Waals surface area (Å²) in [6, 6.07) is 8.09. The van der Waals surface area contributed by atoms with Gasteiger partial charge in [0.1, 0.15) is 5.60 Å². The van der Waals surface area contributed by atoms with Crippen molar-refractivity contribution >= 4 is 28.8 Å². The van der Waals surface area contributed by atoms with E-state index < -0.39 is 11.7 Å². The quantitative estimate of drug-likeness (QED) is 0.764. The van der Waals surface area contributed by atoms with Crippen molar-refractivity contribution in [3.63, 3.8) is 0 Å². The second kappa shape index (κ2) is 8.84. The standard InChI is InChI=1S/C24H32N4O4/c1-24(2,3)32-23(31)25-16-10-12-27(14-16)21(29)8-9-22(30)28-13-11-18-17-6-4-5-7-19(17)26-20(18)15-28/h4-7,16,26H,8-15H2,1-3H3,(H,25,31).